The third-order valence-corrected chi connectivity index (χ3v) is 13.0. The molecular formula is C83H137N11O5S2. The van der Waals surface area contributed by atoms with Gasteiger partial charge in [0.05, 0.1) is 41.6 Å². The van der Waals surface area contributed by atoms with Gasteiger partial charge in [0.25, 0.3) is 0 Å². The highest BCUT2D eigenvalue weighted by Crippen LogP contribution is 2.22. The molecule has 1 unspecified atom stereocenters. The van der Waals surface area contributed by atoms with Crippen molar-refractivity contribution in [2.75, 3.05) is 11.5 Å². The Balaban J connectivity index is -0.000000191. The number of fused-ring (bicyclic) bond motifs is 1. The second-order valence-corrected chi connectivity index (χ2v) is 21.4. The number of nitrogens with zero attached hydrogens (tertiary/aromatic N) is 10. The van der Waals surface area contributed by atoms with E-state index in [2.05, 4.69) is 181 Å². The quantitative estimate of drug-likeness (QED) is 0.172. The number of hydrogen-bond donors (Lipinski definition) is 1. The van der Waals surface area contributed by atoms with Crippen molar-refractivity contribution < 1.29 is 18.0 Å². The molecule has 9 heterocycles. The van der Waals surface area contributed by atoms with Crippen molar-refractivity contribution in [1.82, 2.24) is 50.0 Å². The third-order valence-electron chi connectivity index (χ3n) is 11.0. The maximum Gasteiger partial charge on any atom is 0.347 e. The zero-order valence-corrected chi connectivity index (χ0v) is 70.3. The van der Waals surface area contributed by atoms with E-state index < -0.39 is 0 Å². The molecule has 11 aromatic rings. The van der Waals surface area contributed by atoms with Gasteiger partial charge in [0, 0.05) is 46.6 Å². The molecule has 101 heavy (non-hydrogen) atoms. The number of H-pyrrole nitrogens is 1. The van der Waals surface area contributed by atoms with Crippen molar-refractivity contribution in [3.05, 3.63) is 238 Å². The van der Waals surface area contributed by atoms with Crippen LogP contribution in [-0.4, -0.2) is 67.7 Å². The summed E-state index contributed by atoms with van der Waals surface area (Å²) in [6, 6.07) is 36.4. The number of aromatic nitrogens is 10. The second-order valence-electron chi connectivity index (χ2n) is 19.5. The molecule has 0 aliphatic carbocycles. The number of furan rings is 1. The van der Waals surface area contributed by atoms with Crippen LogP contribution in [0, 0.1) is 54.4 Å². The summed E-state index contributed by atoms with van der Waals surface area (Å²) in [5.41, 5.74) is 11.7. The molecule has 2 aliphatic rings. The molecule has 0 spiro atoms. The zero-order chi connectivity index (χ0) is 78.7. The molecule has 0 saturated carbocycles. The fraction of sp³-hybridized carbons (Fsp3) is 0.458. The third kappa shape index (κ3) is 59.0. The minimum atomic E-state index is -0.219. The lowest BCUT2D eigenvalue weighted by Gasteiger charge is -2.17. The standard InChI is InChI=1S/C11H10.C10H9NO.C9H9N3O.C6H11N3.C5H7N.C5H6O.C5H10S.2C4H5NO.C4H5NS.10C2H6/c1-9-6-7-10-4-2-3-5-11(10)8-9;1-8-2-4-9(5-3-8)10-6-11-12-7-10;1-7-2-4-8(5-3-7)12-6-10-11-9(12)13;1-6(2,3)9-5-7-4-8-9;2*1-5-3-2-4-6-5;1-5-2-3-6-4-5;1-4-2-5-6-3-4;1-4-2-3-5-6-4;1-4-2-6-3-5-4;10*1-2/h2-8H,1H3;2-7H,1H3;2-6H,1H3,(H,11,13);4-5H,1-3H3;3-4H,2H2,1H3;2-4H,1H3;5H,2-4H2,1H3;3*2-3H,1H3;10*1-2H3. The van der Waals surface area contributed by atoms with Gasteiger partial charge in [0.1, 0.15) is 43.0 Å². The van der Waals surface area contributed by atoms with E-state index in [1.54, 1.807) is 67.4 Å². The van der Waals surface area contributed by atoms with Crippen LogP contribution in [-0.2, 0) is 5.54 Å². The van der Waals surface area contributed by atoms with E-state index in [0.717, 1.165) is 57.6 Å². The molecule has 0 bridgehead atoms. The predicted molar refractivity (Wildman–Crippen MR) is 444 cm³/mol. The molecule has 566 valence electrons. The van der Waals surface area contributed by atoms with Crippen molar-refractivity contribution in [3.63, 3.8) is 0 Å². The molecule has 1 atom stereocenters. The molecule has 13 rings (SSSR count). The van der Waals surface area contributed by atoms with Gasteiger partial charge in [0.2, 0.25) is 0 Å². The van der Waals surface area contributed by atoms with Crippen LogP contribution in [0.3, 0.4) is 0 Å². The van der Waals surface area contributed by atoms with Gasteiger partial charge in [-0.3, -0.25) is 9.98 Å². The highest BCUT2D eigenvalue weighted by molar-refractivity contribution is 7.99. The van der Waals surface area contributed by atoms with E-state index in [-0.39, 0.29) is 11.2 Å². The number of aromatic amines is 1. The van der Waals surface area contributed by atoms with Gasteiger partial charge in [-0.25, -0.2) is 24.1 Å². The Morgan fingerprint density at radius 1 is 0.574 bits per heavy atom. The summed E-state index contributed by atoms with van der Waals surface area (Å²) in [5, 5.41) is 25.2. The normalized spacial score (nSPS) is 10.5. The van der Waals surface area contributed by atoms with Gasteiger partial charge in [-0.05, 0) is 141 Å². The van der Waals surface area contributed by atoms with Crippen molar-refractivity contribution in [2.24, 2.45) is 10.9 Å². The van der Waals surface area contributed by atoms with Gasteiger partial charge in [-0.15, -0.1) is 11.3 Å². The maximum absolute atomic E-state index is 11.1. The number of rotatable bonds is 2. The SMILES string of the molecule is CC.CC.CC.CC.CC.CC.CC.CC.CC.CC.CC(C)(C)n1cncn1.CC1=CCC=N1.CC1CCSC1.Cc1ccc(-c2cnoc2)cc1.Cc1ccc(-n2cn[nH]c2=O)cc1.Cc1ccc2ccccc2c1.Cc1ccco1.Cc1ccno1.Cc1cnoc1.Cc1cscn1. The molecule has 1 fully saturated rings. The van der Waals surface area contributed by atoms with Crippen LogP contribution in [0.25, 0.3) is 27.6 Å². The Bertz CT molecular complexity index is 3250. The number of nitrogens with one attached hydrogen (secondary N) is 1. The summed E-state index contributed by atoms with van der Waals surface area (Å²) in [4.78, 5) is 22.9. The first kappa shape index (κ1) is 106. The van der Waals surface area contributed by atoms with Crippen molar-refractivity contribution in [2.45, 2.75) is 240 Å². The monoisotopic (exact) mass is 1430 g/mol. The van der Waals surface area contributed by atoms with Gasteiger partial charge in [0.15, 0.2) is 0 Å². The van der Waals surface area contributed by atoms with Crippen LogP contribution >= 0.6 is 23.1 Å². The van der Waals surface area contributed by atoms with Crippen molar-refractivity contribution in [1.29, 1.82) is 0 Å². The van der Waals surface area contributed by atoms with Crippen LogP contribution < -0.4 is 5.69 Å². The fourth-order valence-corrected chi connectivity index (χ4v) is 8.24. The maximum atomic E-state index is 11.1. The first-order chi connectivity index (χ1) is 49.0. The first-order valence-corrected chi connectivity index (χ1v) is 38.4. The molecule has 1 N–H and O–H groups in total. The molecule has 7 aromatic heterocycles. The van der Waals surface area contributed by atoms with Crippen LogP contribution in [0.2, 0.25) is 0 Å². The summed E-state index contributed by atoms with van der Waals surface area (Å²) < 4.78 is 21.9. The Hall–Kier alpha value is -8.48. The highest BCUT2D eigenvalue weighted by Gasteiger charge is 2.12. The lowest BCUT2D eigenvalue weighted by Crippen LogP contribution is -2.21. The van der Waals surface area contributed by atoms with E-state index in [4.69, 9.17) is 8.94 Å². The first-order valence-electron chi connectivity index (χ1n) is 36.3. The average molecular weight is 1430 g/mol. The van der Waals surface area contributed by atoms with E-state index in [1.165, 1.54) is 56.3 Å². The smallest absolute Gasteiger partial charge is 0.347 e. The lowest BCUT2D eigenvalue weighted by molar-refractivity contribution is 0.354. The number of hydrogen-bond acceptors (Lipinski definition) is 15. The van der Waals surface area contributed by atoms with Crippen LogP contribution in [0.1, 0.15) is 225 Å². The topological polar surface area (TPSA) is 198 Å². The summed E-state index contributed by atoms with van der Waals surface area (Å²) >= 11 is 3.71. The predicted octanol–water partition coefficient (Wildman–Crippen LogP) is 26.1. The second kappa shape index (κ2) is 77.3. The zero-order valence-electron chi connectivity index (χ0n) is 68.6. The number of benzene rings is 4. The molecular weight excluding hydrogens is 1300 g/mol. The molecule has 18 heteroatoms. The minimum absolute atomic E-state index is 0.0660. The van der Waals surface area contributed by atoms with E-state index in [0.29, 0.717) is 0 Å². The van der Waals surface area contributed by atoms with E-state index >= 15 is 0 Å². The Kier molecular flexibility index (Phi) is 81.1. The Morgan fingerprint density at radius 3 is 1.44 bits per heavy atom. The van der Waals surface area contributed by atoms with E-state index in [1.807, 2.05) is 238 Å². The number of aliphatic imine (C=N–C) groups is 1. The largest absolute Gasteiger partial charge is 0.470 e. The molecule has 4 aromatic carbocycles. The van der Waals surface area contributed by atoms with Gasteiger partial charge in [-0.1, -0.05) is 262 Å². The van der Waals surface area contributed by atoms with E-state index in [9.17, 15) is 4.79 Å². The molecule has 2 aliphatic heterocycles. The van der Waals surface area contributed by atoms with Crippen molar-refractivity contribution >= 4 is 40.1 Å². The fourth-order valence-electron chi connectivity index (χ4n) is 6.39. The summed E-state index contributed by atoms with van der Waals surface area (Å²) in [5.74, 6) is 5.64. The van der Waals surface area contributed by atoms with Gasteiger partial charge in [-0.2, -0.15) is 22.0 Å². The van der Waals surface area contributed by atoms with Gasteiger partial charge >= 0.3 is 5.69 Å². The molecule has 0 amide bonds. The summed E-state index contributed by atoms with van der Waals surface area (Å²) in [7, 11) is 0. The lowest BCUT2D eigenvalue weighted by atomic mass is 10.1. The minimum Gasteiger partial charge on any atom is -0.470 e. The highest BCUT2D eigenvalue weighted by atomic mass is 32.2. The van der Waals surface area contributed by atoms with Gasteiger partial charge < -0.3 is 18.0 Å². The number of thioether (sulfide) groups is 1. The molecule has 0 radical (unpaired) electrons. The molecule has 1 saturated heterocycles. The number of thiazole rings is 1. The average Bonchev–Trinajstić information content (AvgIpc) is 1.76. The number of allylic oxidation sites excluding steroid dienone is 2. The van der Waals surface area contributed by atoms with Crippen LogP contribution in [0.15, 0.2) is 216 Å². The summed E-state index contributed by atoms with van der Waals surface area (Å²) in [6.07, 6.45) is 21.1. The molecule has 16 nitrogen and oxygen atoms in total. The van der Waals surface area contributed by atoms with Crippen molar-refractivity contribution in [3.8, 4) is 16.8 Å². The summed E-state index contributed by atoms with van der Waals surface area (Å²) in [6.45, 7) is 64.4. The Labute approximate surface area is 621 Å². The Morgan fingerprint density at radius 2 is 1.14 bits per heavy atom. The number of aryl methyl sites for hydroxylation is 7. The van der Waals surface area contributed by atoms with Crippen LogP contribution in [0.5, 0.6) is 0 Å². The van der Waals surface area contributed by atoms with Crippen LogP contribution in [0.4, 0.5) is 0 Å².